The monoisotopic (exact) mass is 359 g/mol. The highest BCUT2D eigenvalue weighted by Crippen LogP contribution is 2.20. The topological polar surface area (TPSA) is 91.0 Å². The smallest absolute Gasteiger partial charge is 0.239 e. The van der Waals surface area contributed by atoms with Crippen LogP contribution in [0.1, 0.15) is 18.4 Å². The largest absolute Gasteiger partial charge is 0.352 e. The van der Waals surface area contributed by atoms with Gasteiger partial charge in [0.2, 0.25) is 17.0 Å². The van der Waals surface area contributed by atoms with Crippen LogP contribution in [0, 0.1) is 6.92 Å². The van der Waals surface area contributed by atoms with Crippen LogP contribution in [-0.2, 0) is 9.59 Å². The number of carbonyl (C=O) groups excluding carboxylic acids is 2. The van der Waals surface area contributed by atoms with Crippen LogP contribution in [0.4, 0.5) is 0 Å². The van der Waals surface area contributed by atoms with E-state index in [4.69, 9.17) is 0 Å². The highest BCUT2D eigenvalue weighted by atomic mass is 32.2. The van der Waals surface area contributed by atoms with Crippen LogP contribution >= 0.6 is 11.8 Å². The second-order valence-corrected chi connectivity index (χ2v) is 7.16. The summed E-state index contributed by atoms with van der Waals surface area (Å²) in [5.41, 5.74) is 2.13. The number of amides is 2. The minimum Gasteiger partial charge on any atom is -0.352 e. The molecule has 0 saturated heterocycles. The van der Waals surface area contributed by atoms with E-state index in [2.05, 4.69) is 20.5 Å². The van der Waals surface area contributed by atoms with Gasteiger partial charge in [-0.05, 0) is 19.8 Å². The molecule has 2 aromatic rings. The number of hydrogen-bond donors (Lipinski definition) is 2. The lowest BCUT2D eigenvalue weighted by Crippen LogP contribution is -2.39. The number of H-pyrrole nitrogens is 1. The first-order valence-electron chi connectivity index (χ1n) is 8.17. The van der Waals surface area contributed by atoms with Crippen LogP contribution in [0.15, 0.2) is 29.4 Å². The number of rotatable bonds is 7. The number of nitrogens with zero attached hydrogens (tertiary/aromatic N) is 3. The number of benzene rings is 1. The molecule has 132 valence electrons. The molecule has 1 aromatic carbocycles. The molecule has 1 aliphatic rings. The number of carbonyl (C=O) groups is 2. The lowest BCUT2D eigenvalue weighted by molar-refractivity contribution is -0.132. The second-order valence-electron chi connectivity index (χ2n) is 6.21. The average Bonchev–Trinajstić information content (AvgIpc) is 3.27. The Hall–Kier alpha value is -2.35. The third kappa shape index (κ3) is 5.06. The van der Waals surface area contributed by atoms with Gasteiger partial charge < -0.3 is 10.2 Å². The number of aromatic nitrogens is 3. The van der Waals surface area contributed by atoms with Crippen LogP contribution in [0.25, 0.3) is 11.4 Å². The van der Waals surface area contributed by atoms with Gasteiger partial charge in [0.05, 0.1) is 12.3 Å². The van der Waals surface area contributed by atoms with E-state index >= 15 is 0 Å². The van der Waals surface area contributed by atoms with E-state index in [1.165, 1.54) is 22.2 Å². The van der Waals surface area contributed by atoms with Gasteiger partial charge in [-0.15, -0.1) is 5.10 Å². The summed E-state index contributed by atoms with van der Waals surface area (Å²) >= 11 is 1.25. The zero-order valence-corrected chi connectivity index (χ0v) is 15.1. The first kappa shape index (κ1) is 17.5. The molecule has 0 bridgehead atoms. The van der Waals surface area contributed by atoms with Crippen molar-refractivity contribution in [2.45, 2.75) is 31.0 Å². The first-order valence-corrected chi connectivity index (χ1v) is 9.15. The lowest BCUT2D eigenvalue weighted by Gasteiger charge is -2.16. The molecule has 2 amide bonds. The first-order chi connectivity index (χ1) is 12.0. The Morgan fingerprint density at radius 2 is 2.04 bits per heavy atom. The number of aromatic amines is 1. The van der Waals surface area contributed by atoms with Crippen LogP contribution < -0.4 is 5.32 Å². The van der Waals surface area contributed by atoms with Gasteiger partial charge in [-0.2, -0.15) is 0 Å². The second kappa shape index (κ2) is 7.69. The number of nitrogens with one attached hydrogen (secondary N) is 2. The molecule has 0 atom stereocenters. The van der Waals surface area contributed by atoms with Crippen molar-refractivity contribution in [3.05, 3.63) is 29.8 Å². The molecule has 7 nitrogen and oxygen atoms in total. The number of hydrogen-bond acceptors (Lipinski definition) is 5. The predicted molar refractivity (Wildman–Crippen MR) is 96.1 cm³/mol. The van der Waals surface area contributed by atoms with E-state index in [1.54, 1.807) is 7.05 Å². The average molecular weight is 359 g/mol. The Morgan fingerprint density at radius 1 is 1.32 bits per heavy atom. The Kier molecular flexibility index (Phi) is 5.37. The molecule has 8 heteroatoms. The molecule has 1 heterocycles. The molecule has 0 aliphatic heterocycles. The molecule has 0 unspecified atom stereocenters. The number of likely N-dealkylation sites (N-methyl/N-ethyl adjacent to an activating group) is 1. The van der Waals surface area contributed by atoms with Gasteiger partial charge in [-0.3, -0.25) is 14.7 Å². The van der Waals surface area contributed by atoms with Crippen molar-refractivity contribution in [3.8, 4) is 11.4 Å². The van der Waals surface area contributed by atoms with Gasteiger partial charge in [-0.25, -0.2) is 4.98 Å². The predicted octanol–water partition coefficient (Wildman–Crippen LogP) is 1.61. The molecule has 0 spiro atoms. The van der Waals surface area contributed by atoms with E-state index in [-0.39, 0.29) is 24.1 Å². The Labute approximate surface area is 150 Å². The Morgan fingerprint density at radius 3 is 2.72 bits per heavy atom. The fourth-order valence-corrected chi connectivity index (χ4v) is 2.93. The summed E-state index contributed by atoms with van der Waals surface area (Å²) in [5, 5.41) is 10.4. The third-order valence-electron chi connectivity index (χ3n) is 3.86. The fourth-order valence-electron chi connectivity index (χ4n) is 2.19. The summed E-state index contributed by atoms with van der Waals surface area (Å²) in [5.74, 6) is 0.630. The zero-order chi connectivity index (χ0) is 17.8. The SMILES string of the molecule is Cc1ccc(-c2nc(SCC(=O)N(C)CC(=O)NC3CC3)n[nH]2)cc1. The van der Waals surface area contributed by atoms with Crippen molar-refractivity contribution in [3.63, 3.8) is 0 Å². The molecule has 1 saturated carbocycles. The number of aryl methyl sites for hydroxylation is 1. The van der Waals surface area contributed by atoms with Crippen LogP contribution in [-0.4, -0.2) is 57.3 Å². The van der Waals surface area contributed by atoms with E-state index in [0.29, 0.717) is 17.0 Å². The lowest BCUT2D eigenvalue weighted by atomic mass is 10.1. The molecule has 2 N–H and O–H groups in total. The van der Waals surface area contributed by atoms with E-state index in [9.17, 15) is 9.59 Å². The van der Waals surface area contributed by atoms with Crippen molar-refractivity contribution in [2.75, 3.05) is 19.3 Å². The van der Waals surface area contributed by atoms with E-state index < -0.39 is 0 Å². The van der Waals surface area contributed by atoms with Crippen molar-refractivity contribution in [2.24, 2.45) is 0 Å². The highest BCUT2D eigenvalue weighted by molar-refractivity contribution is 7.99. The maximum atomic E-state index is 12.1. The maximum Gasteiger partial charge on any atom is 0.239 e. The molecule has 0 radical (unpaired) electrons. The third-order valence-corrected chi connectivity index (χ3v) is 4.70. The van der Waals surface area contributed by atoms with Crippen molar-refractivity contribution < 1.29 is 9.59 Å². The Bertz CT molecular complexity index is 755. The normalized spacial score (nSPS) is 13.5. The summed E-state index contributed by atoms with van der Waals surface area (Å²) in [4.78, 5) is 29.7. The van der Waals surface area contributed by atoms with Crippen molar-refractivity contribution >= 4 is 23.6 Å². The van der Waals surface area contributed by atoms with Gasteiger partial charge in [0.25, 0.3) is 0 Å². The van der Waals surface area contributed by atoms with Gasteiger partial charge >= 0.3 is 0 Å². The summed E-state index contributed by atoms with van der Waals surface area (Å²) in [6, 6.07) is 8.27. The van der Waals surface area contributed by atoms with Gasteiger partial charge in [0.1, 0.15) is 0 Å². The standard InChI is InChI=1S/C17H21N5O2S/c1-11-3-5-12(6-4-11)16-19-17(21-20-16)25-10-15(24)22(2)9-14(23)18-13-7-8-13/h3-6,13H,7-10H2,1-2H3,(H,18,23)(H,19,20,21). The fraction of sp³-hybridized carbons (Fsp3) is 0.412. The summed E-state index contributed by atoms with van der Waals surface area (Å²) < 4.78 is 0. The molecule has 1 aromatic heterocycles. The summed E-state index contributed by atoms with van der Waals surface area (Å²) in [7, 11) is 1.63. The Balaban J connectivity index is 1.48. The maximum absolute atomic E-state index is 12.1. The minimum atomic E-state index is -0.127. The molecule has 25 heavy (non-hydrogen) atoms. The molecule has 1 aliphatic carbocycles. The molecule has 1 fully saturated rings. The van der Waals surface area contributed by atoms with Crippen molar-refractivity contribution in [1.82, 2.24) is 25.4 Å². The molecular formula is C17H21N5O2S. The van der Waals surface area contributed by atoms with Crippen LogP contribution in [0.2, 0.25) is 0 Å². The van der Waals surface area contributed by atoms with Gasteiger partial charge in [-0.1, -0.05) is 41.6 Å². The quantitative estimate of drug-likeness (QED) is 0.733. The van der Waals surface area contributed by atoms with Crippen molar-refractivity contribution in [1.29, 1.82) is 0 Å². The summed E-state index contributed by atoms with van der Waals surface area (Å²) in [6.45, 7) is 2.11. The van der Waals surface area contributed by atoms with Crippen LogP contribution in [0.3, 0.4) is 0 Å². The van der Waals surface area contributed by atoms with E-state index in [0.717, 1.165) is 18.4 Å². The van der Waals surface area contributed by atoms with Gasteiger partial charge in [0.15, 0.2) is 5.82 Å². The molecular weight excluding hydrogens is 338 g/mol. The molecule has 3 rings (SSSR count). The summed E-state index contributed by atoms with van der Waals surface area (Å²) in [6.07, 6.45) is 2.07. The van der Waals surface area contributed by atoms with Gasteiger partial charge in [0, 0.05) is 18.7 Å². The highest BCUT2D eigenvalue weighted by Gasteiger charge is 2.24. The van der Waals surface area contributed by atoms with Crippen LogP contribution in [0.5, 0.6) is 0 Å². The van der Waals surface area contributed by atoms with E-state index in [1.807, 2.05) is 31.2 Å². The zero-order valence-electron chi connectivity index (χ0n) is 14.3. The number of thioether (sulfide) groups is 1. The minimum absolute atomic E-state index is 0.0818.